The van der Waals surface area contributed by atoms with Crippen molar-refractivity contribution in [3.05, 3.63) is 36.9 Å². The Kier molecular flexibility index (Phi) is 2.76. The van der Waals surface area contributed by atoms with Crippen LogP contribution in [0.1, 0.15) is 5.56 Å². The van der Waals surface area contributed by atoms with Crippen LogP contribution in [0.2, 0.25) is 5.02 Å². The molecular weight excluding hydrogens is 228 g/mol. The first-order valence-electron chi connectivity index (χ1n) is 3.67. The Hall–Kier alpha value is -1.89. The molecule has 0 spiro atoms. The third-order valence-corrected chi connectivity index (χ3v) is 2.12. The van der Waals surface area contributed by atoms with Crippen LogP contribution < -0.4 is 0 Å². The van der Waals surface area contributed by atoms with E-state index in [0.29, 0.717) is 0 Å². The summed E-state index contributed by atoms with van der Waals surface area (Å²) in [6.45, 7) is 1.17. The van der Waals surface area contributed by atoms with Gasteiger partial charge in [-0.3, -0.25) is 20.2 Å². The first-order valence-corrected chi connectivity index (χ1v) is 4.05. The maximum atomic E-state index is 10.5. The second-order valence-corrected chi connectivity index (χ2v) is 3.12. The van der Waals surface area contributed by atoms with E-state index < -0.39 is 32.0 Å². The van der Waals surface area contributed by atoms with Crippen LogP contribution in [-0.2, 0) is 0 Å². The maximum absolute atomic E-state index is 10.5. The highest BCUT2D eigenvalue weighted by Crippen LogP contribution is 2.41. The van der Waals surface area contributed by atoms with Gasteiger partial charge in [-0.1, -0.05) is 11.6 Å². The molecule has 0 saturated carbocycles. The number of nitrogens with zero attached hydrogens (tertiary/aromatic N) is 2. The van der Waals surface area contributed by atoms with Gasteiger partial charge >= 0.3 is 5.69 Å². The van der Waals surface area contributed by atoms with Gasteiger partial charge in [0.2, 0.25) is 5.75 Å². The fourth-order valence-electron chi connectivity index (χ4n) is 1.12. The number of phenols is 1. The van der Waals surface area contributed by atoms with Crippen molar-refractivity contribution in [2.75, 3.05) is 0 Å². The Morgan fingerprint density at radius 1 is 1.33 bits per heavy atom. The number of hydrogen-bond acceptors (Lipinski definition) is 5. The van der Waals surface area contributed by atoms with Crippen LogP contribution in [-0.4, -0.2) is 15.0 Å². The van der Waals surface area contributed by atoms with Crippen LogP contribution in [0.15, 0.2) is 6.07 Å². The highest BCUT2D eigenvalue weighted by atomic mass is 35.5. The Labute approximate surface area is 88.2 Å². The summed E-state index contributed by atoms with van der Waals surface area (Å²) in [6.07, 6.45) is 0. The molecule has 0 aliphatic rings. The van der Waals surface area contributed by atoms with Gasteiger partial charge in [0.05, 0.1) is 14.9 Å². The number of hydrogen-bond donors (Lipinski definition) is 1. The van der Waals surface area contributed by atoms with Gasteiger partial charge in [0.25, 0.3) is 5.69 Å². The fraction of sp³-hybridized carbons (Fsp3) is 0.143. The molecule has 0 bridgehead atoms. The summed E-state index contributed by atoms with van der Waals surface area (Å²) in [4.78, 5) is 19.3. The lowest BCUT2D eigenvalue weighted by atomic mass is 10.1. The van der Waals surface area contributed by atoms with Crippen LogP contribution in [0.3, 0.4) is 0 Å². The van der Waals surface area contributed by atoms with Gasteiger partial charge < -0.3 is 5.11 Å². The number of aromatic hydroxyl groups is 1. The van der Waals surface area contributed by atoms with Gasteiger partial charge in [-0.15, -0.1) is 0 Å². The predicted molar refractivity (Wildman–Crippen MR) is 51.2 cm³/mol. The second-order valence-electron chi connectivity index (χ2n) is 2.71. The topological polar surface area (TPSA) is 107 Å². The molecule has 0 amide bonds. The smallest absolute Gasteiger partial charge is 0.322 e. The third kappa shape index (κ3) is 1.82. The van der Waals surface area contributed by atoms with Crippen LogP contribution in [0.25, 0.3) is 0 Å². The van der Waals surface area contributed by atoms with Crippen molar-refractivity contribution in [2.45, 2.75) is 6.92 Å². The van der Waals surface area contributed by atoms with E-state index in [1.807, 2.05) is 0 Å². The molecule has 1 rings (SSSR count). The highest BCUT2D eigenvalue weighted by Gasteiger charge is 2.28. The lowest BCUT2D eigenvalue weighted by Gasteiger charge is -2.02. The van der Waals surface area contributed by atoms with Crippen molar-refractivity contribution >= 4 is 23.0 Å². The minimum absolute atomic E-state index is 0.230. The summed E-state index contributed by atoms with van der Waals surface area (Å²) in [5.41, 5.74) is -1.47. The summed E-state index contributed by atoms with van der Waals surface area (Å²) in [5, 5.41) is 29.9. The van der Waals surface area contributed by atoms with E-state index >= 15 is 0 Å². The average molecular weight is 233 g/mol. The maximum Gasteiger partial charge on any atom is 0.322 e. The Morgan fingerprint density at radius 2 is 1.87 bits per heavy atom. The molecular formula is C7H5ClN2O5. The average Bonchev–Trinajstić information content (AvgIpc) is 2.10. The molecule has 1 aromatic carbocycles. The van der Waals surface area contributed by atoms with Gasteiger partial charge in [-0.25, -0.2) is 0 Å². The quantitative estimate of drug-likeness (QED) is 0.621. The van der Waals surface area contributed by atoms with Crippen molar-refractivity contribution in [2.24, 2.45) is 0 Å². The number of nitro groups is 2. The van der Waals surface area contributed by atoms with E-state index in [1.54, 1.807) is 0 Å². The molecule has 0 atom stereocenters. The van der Waals surface area contributed by atoms with Crippen LogP contribution in [0.4, 0.5) is 11.4 Å². The standard InChI is InChI=1S/C7H5ClN2O5/c1-3-5(9(12)13)2-4(8)7(11)6(3)10(14)15/h2,11H,1H3. The second kappa shape index (κ2) is 3.70. The fourth-order valence-corrected chi connectivity index (χ4v) is 1.31. The van der Waals surface area contributed by atoms with Crippen LogP contribution in [0, 0.1) is 27.2 Å². The summed E-state index contributed by atoms with van der Waals surface area (Å²) in [6, 6.07) is 0.874. The molecule has 7 nitrogen and oxygen atoms in total. The van der Waals surface area contributed by atoms with Crippen LogP contribution >= 0.6 is 11.6 Å². The normalized spacial score (nSPS) is 10.0. The summed E-state index contributed by atoms with van der Waals surface area (Å²) in [5.74, 6) is -0.759. The largest absolute Gasteiger partial charge is 0.501 e. The molecule has 1 N–H and O–H groups in total. The minimum atomic E-state index is -0.913. The number of benzene rings is 1. The first-order chi connectivity index (χ1) is 6.86. The highest BCUT2D eigenvalue weighted by molar-refractivity contribution is 6.32. The van der Waals surface area contributed by atoms with Crippen molar-refractivity contribution < 1.29 is 15.0 Å². The number of phenolic OH excluding ortho intramolecular Hbond substituents is 1. The van der Waals surface area contributed by atoms with E-state index in [0.717, 1.165) is 6.07 Å². The Balaban J connectivity index is 3.63. The lowest BCUT2D eigenvalue weighted by molar-refractivity contribution is -0.395. The van der Waals surface area contributed by atoms with E-state index in [1.165, 1.54) is 6.92 Å². The van der Waals surface area contributed by atoms with Crippen molar-refractivity contribution in [3.63, 3.8) is 0 Å². The number of rotatable bonds is 2. The zero-order chi connectivity index (χ0) is 11.7. The van der Waals surface area contributed by atoms with E-state index in [4.69, 9.17) is 11.6 Å². The molecule has 0 heterocycles. The van der Waals surface area contributed by atoms with Gasteiger partial charge in [0, 0.05) is 6.07 Å². The summed E-state index contributed by atoms with van der Waals surface area (Å²) >= 11 is 5.42. The van der Waals surface area contributed by atoms with E-state index in [9.17, 15) is 25.3 Å². The van der Waals surface area contributed by atoms with Crippen molar-refractivity contribution in [1.29, 1.82) is 0 Å². The molecule has 0 aliphatic heterocycles. The molecule has 0 aliphatic carbocycles. The molecule has 0 unspecified atom stereocenters. The van der Waals surface area contributed by atoms with Gasteiger partial charge in [-0.05, 0) is 6.92 Å². The minimum Gasteiger partial charge on any atom is -0.501 e. The van der Waals surface area contributed by atoms with E-state index in [2.05, 4.69) is 0 Å². The van der Waals surface area contributed by atoms with Gasteiger partial charge in [0.1, 0.15) is 5.56 Å². The van der Waals surface area contributed by atoms with Crippen molar-refractivity contribution in [3.8, 4) is 5.75 Å². The summed E-state index contributed by atoms with van der Waals surface area (Å²) in [7, 11) is 0. The third-order valence-electron chi connectivity index (χ3n) is 1.83. The van der Waals surface area contributed by atoms with Crippen LogP contribution in [0.5, 0.6) is 5.75 Å². The van der Waals surface area contributed by atoms with E-state index in [-0.39, 0.29) is 5.56 Å². The molecule has 80 valence electrons. The summed E-state index contributed by atoms with van der Waals surface area (Å²) < 4.78 is 0. The molecule has 0 aromatic heterocycles. The Morgan fingerprint density at radius 3 is 2.27 bits per heavy atom. The zero-order valence-electron chi connectivity index (χ0n) is 7.43. The molecule has 15 heavy (non-hydrogen) atoms. The molecule has 0 fully saturated rings. The molecule has 8 heteroatoms. The Bertz CT molecular complexity index is 459. The van der Waals surface area contributed by atoms with Crippen molar-refractivity contribution in [1.82, 2.24) is 0 Å². The monoisotopic (exact) mass is 232 g/mol. The lowest BCUT2D eigenvalue weighted by Crippen LogP contribution is -1.98. The molecule has 0 saturated heterocycles. The van der Waals surface area contributed by atoms with Gasteiger partial charge in [0.15, 0.2) is 0 Å². The number of halogens is 1. The molecule has 0 radical (unpaired) electrons. The molecule has 1 aromatic rings. The first kappa shape index (κ1) is 11.2. The predicted octanol–water partition coefficient (Wildman–Crippen LogP) is 2.17. The SMILES string of the molecule is Cc1c([N+](=O)[O-])cc(Cl)c(O)c1[N+](=O)[O-]. The van der Waals surface area contributed by atoms with Gasteiger partial charge in [-0.2, -0.15) is 0 Å². The zero-order valence-corrected chi connectivity index (χ0v) is 8.19. The number of nitro benzene ring substituents is 2.